The van der Waals surface area contributed by atoms with Crippen molar-refractivity contribution < 1.29 is 0 Å². The van der Waals surface area contributed by atoms with Crippen LogP contribution < -0.4 is 0 Å². The van der Waals surface area contributed by atoms with Gasteiger partial charge in [0.1, 0.15) is 0 Å². The Bertz CT molecular complexity index is 3110. The third-order valence-corrected chi connectivity index (χ3v) is 14.9. The molecule has 3 heteroatoms. The van der Waals surface area contributed by atoms with Crippen LogP contribution in [-0.4, -0.2) is 9.97 Å². The average molecular weight is 763 g/mol. The molecule has 0 aliphatic heterocycles. The first-order valence-electron chi connectivity index (χ1n) is 20.9. The first-order valence-corrected chi connectivity index (χ1v) is 21.7. The van der Waals surface area contributed by atoms with Gasteiger partial charge >= 0.3 is 0 Å². The molecule has 7 aromatic carbocycles. The molecule has 1 spiro atoms. The van der Waals surface area contributed by atoms with E-state index in [4.69, 9.17) is 9.97 Å². The lowest BCUT2D eigenvalue weighted by molar-refractivity contribution is 0.353. The fourth-order valence-corrected chi connectivity index (χ4v) is 11.9. The molecule has 0 bridgehead atoms. The molecule has 0 unspecified atom stereocenters. The van der Waals surface area contributed by atoms with E-state index in [2.05, 4.69) is 166 Å². The molecule has 3 aliphatic carbocycles. The van der Waals surface area contributed by atoms with Crippen molar-refractivity contribution in [2.24, 2.45) is 0 Å². The number of hydrogen-bond acceptors (Lipinski definition) is 3. The van der Waals surface area contributed by atoms with Crippen molar-refractivity contribution in [3.05, 3.63) is 180 Å². The zero-order chi connectivity index (χ0) is 38.6. The van der Waals surface area contributed by atoms with Gasteiger partial charge in [0, 0.05) is 32.0 Å². The maximum Gasteiger partial charge on any atom is 0.160 e. The predicted octanol–water partition coefficient (Wildman–Crippen LogP) is 15.0. The smallest absolute Gasteiger partial charge is 0.160 e. The van der Waals surface area contributed by atoms with E-state index < -0.39 is 0 Å². The fraction of sp³-hybridized carbons (Fsp3) is 0.164. The minimum absolute atomic E-state index is 0.0956. The van der Waals surface area contributed by atoms with E-state index in [1.165, 1.54) is 97.8 Å². The molecule has 2 nitrogen and oxygen atoms in total. The summed E-state index contributed by atoms with van der Waals surface area (Å²) in [7, 11) is 0. The van der Waals surface area contributed by atoms with Gasteiger partial charge in [0.25, 0.3) is 0 Å². The van der Waals surface area contributed by atoms with Crippen LogP contribution in [0.4, 0.5) is 0 Å². The van der Waals surface area contributed by atoms with Crippen LogP contribution in [0.2, 0.25) is 0 Å². The van der Waals surface area contributed by atoms with Crippen molar-refractivity contribution >= 4 is 31.6 Å². The number of fused-ring (bicyclic) bond motifs is 11. The molecule has 2 aromatic heterocycles. The van der Waals surface area contributed by atoms with Crippen LogP contribution in [0.15, 0.2) is 158 Å². The third-order valence-electron chi connectivity index (χ3n) is 13.7. The standard InChI is InChI=1S/C55H42N2S/c1-54(2)46-31-39(26-27-41(46)43-33-48-44(32-47(43)54)40-18-7-9-20-45(40)55(48)28-11-4-12-29-55)38-17-13-16-37(30-38)34-22-24-35(25-23-34)50-52-51(42-19-8-10-21-49(42)58-52)57-53(56-50)36-14-5-3-6-15-36/h3,5-10,13-27,30-33H,4,11-12,28-29H2,1-2H3. The topological polar surface area (TPSA) is 25.8 Å². The lowest BCUT2D eigenvalue weighted by Gasteiger charge is -2.36. The summed E-state index contributed by atoms with van der Waals surface area (Å²) in [5.74, 6) is 0.756. The van der Waals surface area contributed by atoms with Gasteiger partial charge in [0.15, 0.2) is 5.82 Å². The molecule has 58 heavy (non-hydrogen) atoms. The van der Waals surface area contributed by atoms with Gasteiger partial charge in [-0.05, 0) is 110 Å². The second kappa shape index (κ2) is 12.7. The van der Waals surface area contributed by atoms with Crippen molar-refractivity contribution in [1.82, 2.24) is 9.97 Å². The predicted molar refractivity (Wildman–Crippen MR) is 244 cm³/mol. The molecule has 3 aliphatic rings. The Morgan fingerprint density at radius 1 is 0.448 bits per heavy atom. The van der Waals surface area contributed by atoms with Gasteiger partial charge in [-0.3, -0.25) is 0 Å². The highest BCUT2D eigenvalue weighted by Gasteiger charge is 2.46. The Morgan fingerprint density at radius 2 is 1.07 bits per heavy atom. The summed E-state index contributed by atoms with van der Waals surface area (Å²) in [4.78, 5) is 10.3. The lowest BCUT2D eigenvalue weighted by atomic mass is 9.67. The molecule has 0 saturated heterocycles. The summed E-state index contributed by atoms with van der Waals surface area (Å²) in [6.07, 6.45) is 6.50. The van der Waals surface area contributed by atoms with E-state index in [0.717, 1.165) is 32.9 Å². The Hall–Kier alpha value is -6.16. The van der Waals surface area contributed by atoms with E-state index >= 15 is 0 Å². The lowest BCUT2D eigenvalue weighted by Crippen LogP contribution is -2.28. The number of thiophene rings is 1. The van der Waals surface area contributed by atoms with Crippen LogP contribution in [0.5, 0.6) is 0 Å². The van der Waals surface area contributed by atoms with Crippen LogP contribution in [0.1, 0.15) is 68.2 Å². The van der Waals surface area contributed by atoms with Crippen LogP contribution in [-0.2, 0) is 10.8 Å². The maximum absolute atomic E-state index is 5.20. The summed E-state index contributed by atoms with van der Waals surface area (Å²) in [5, 5.41) is 1.18. The van der Waals surface area contributed by atoms with Crippen LogP contribution >= 0.6 is 11.3 Å². The molecule has 2 heterocycles. The SMILES string of the molecule is CC1(C)c2cc(-c3cccc(-c4ccc(-c5nc(-c6ccccc6)nc6c5sc5ccccc56)cc4)c3)ccc2-c2cc3c(cc21)-c1ccccc1C31CCCCC1. The number of benzene rings is 7. The van der Waals surface area contributed by atoms with Gasteiger partial charge < -0.3 is 0 Å². The summed E-state index contributed by atoms with van der Waals surface area (Å²) >= 11 is 1.77. The van der Waals surface area contributed by atoms with E-state index in [1.54, 1.807) is 22.5 Å². The summed E-state index contributed by atoms with van der Waals surface area (Å²) < 4.78 is 2.35. The van der Waals surface area contributed by atoms with Gasteiger partial charge in [0.05, 0.1) is 15.9 Å². The molecule has 12 rings (SSSR count). The second-order valence-corrected chi connectivity index (χ2v) is 18.3. The van der Waals surface area contributed by atoms with Crippen molar-refractivity contribution in [3.8, 4) is 67.2 Å². The maximum atomic E-state index is 5.20. The quantitative estimate of drug-likeness (QED) is 0.178. The monoisotopic (exact) mass is 762 g/mol. The molecule has 0 amide bonds. The number of aromatic nitrogens is 2. The Morgan fingerprint density at radius 3 is 1.91 bits per heavy atom. The number of nitrogens with zero attached hydrogens (tertiary/aromatic N) is 2. The van der Waals surface area contributed by atoms with Crippen LogP contribution in [0.3, 0.4) is 0 Å². The van der Waals surface area contributed by atoms with E-state index in [9.17, 15) is 0 Å². The van der Waals surface area contributed by atoms with Crippen molar-refractivity contribution in [2.75, 3.05) is 0 Å². The van der Waals surface area contributed by atoms with Gasteiger partial charge in [0.2, 0.25) is 0 Å². The van der Waals surface area contributed by atoms with Crippen LogP contribution in [0, 0.1) is 0 Å². The van der Waals surface area contributed by atoms with E-state index in [1.807, 2.05) is 6.07 Å². The highest BCUT2D eigenvalue weighted by Crippen LogP contribution is 2.60. The Labute approximate surface area is 343 Å². The second-order valence-electron chi connectivity index (χ2n) is 17.2. The zero-order valence-corrected chi connectivity index (χ0v) is 33.7. The van der Waals surface area contributed by atoms with Crippen molar-refractivity contribution in [2.45, 2.75) is 56.8 Å². The summed E-state index contributed by atoms with van der Waals surface area (Å²) in [6.45, 7) is 4.85. The first-order chi connectivity index (χ1) is 28.5. The molecule has 0 atom stereocenters. The molecular weight excluding hydrogens is 721 g/mol. The van der Waals surface area contributed by atoms with Gasteiger partial charge in [-0.2, -0.15) is 0 Å². The highest BCUT2D eigenvalue weighted by atomic mass is 32.1. The normalized spacial score (nSPS) is 15.7. The minimum atomic E-state index is -0.0956. The van der Waals surface area contributed by atoms with Crippen molar-refractivity contribution in [1.29, 1.82) is 0 Å². The minimum Gasteiger partial charge on any atom is -0.226 e. The van der Waals surface area contributed by atoms with E-state index in [0.29, 0.717) is 0 Å². The molecule has 1 saturated carbocycles. The Balaban J connectivity index is 0.901. The van der Waals surface area contributed by atoms with Gasteiger partial charge in [-0.1, -0.05) is 161 Å². The molecule has 1 fully saturated rings. The molecule has 9 aromatic rings. The molecule has 0 radical (unpaired) electrons. The molecular formula is C55H42N2S. The largest absolute Gasteiger partial charge is 0.226 e. The Kier molecular flexibility index (Phi) is 7.41. The average Bonchev–Trinajstić information content (AvgIpc) is 3.86. The summed E-state index contributed by atoms with van der Waals surface area (Å²) in [6, 6.07) is 58.6. The first kappa shape index (κ1) is 33.9. The number of hydrogen-bond donors (Lipinski definition) is 0. The zero-order valence-electron chi connectivity index (χ0n) is 32.8. The van der Waals surface area contributed by atoms with Crippen molar-refractivity contribution in [3.63, 3.8) is 0 Å². The van der Waals surface area contributed by atoms with Crippen LogP contribution in [0.25, 0.3) is 87.5 Å². The highest BCUT2D eigenvalue weighted by molar-refractivity contribution is 7.26. The number of rotatable bonds is 4. The summed E-state index contributed by atoms with van der Waals surface area (Å²) in [5.41, 5.74) is 20.9. The van der Waals surface area contributed by atoms with Gasteiger partial charge in [-0.25, -0.2) is 9.97 Å². The van der Waals surface area contributed by atoms with E-state index in [-0.39, 0.29) is 10.8 Å². The fourth-order valence-electron chi connectivity index (χ4n) is 10.8. The molecule has 0 N–H and O–H groups in total. The third kappa shape index (κ3) is 4.96. The van der Waals surface area contributed by atoms with Gasteiger partial charge in [-0.15, -0.1) is 11.3 Å². The molecule has 278 valence electrons.